The van der Waals surface area contributed by atoms with Gasteiger partial charge in [0, 0.05) is 0 Å². The van der Waals surface area contributed by atoms with Gasteiger partial charge in [0.25, 0.3) is 0 Å². The molecule has 0 aromatic heterocycles. The Morgan fingerprint density at radius 2 is 1.86 bits per heavy atom. The molecule has 14 heavy (non-hydrogen) atoms. The minimum atomic E-state index is -4.58. The van der Waals surface area contributed by atoms with Crippen molar-refractivity contribution < 1.29 is 17.6 Å². The highest BCUT2D eigenvalue weighted by atomic mass is 35.5. The Labute approximate surface area is 82.5 Å². The zero-order chi connectivity index (χ0) is 10.9. The smallest absolute Gasteiger partial charge is 0.316 e. The van der Waals surface area contributed by atoms with Gasteiger partial charge >= 0.3 is 6.18 Å². The largest absolute Gasteiger partial charge is 0.407 e. The molecule has 0 spiro atoms. The number of nitrogens with two attached hydrogens (primary N) is 1. The van der Waals surface area contributed by atoms with Crippen LogP contribution in [0.4, 0.5) is 17.6 Å². The van der Waals surface area contributed by atoms with Crippen molar-refractivity contribution in [3.8, 4) is 0 Å². The lowest BCUT2D eigenvalue weighted by Crippen LogP contribution is -2.28. The van der Waals surface area contributed by atoms with Gasteiger partial charge in [0.2, 0.25) is 0 Å². The molecule has 1 rings (SSSR count). The van der Waals surface area contributed by atoms with Gasteiger partial charge in [-0.3, -0.25) is 0 Å². The molecule has 1 nitrogen and oxygen atoms in total. The predicted molar refractivity (Wildman–Crippen MR) is 44.4 cm³/mol. The normalized spacial score (nSPS) is 14.1. The number of hydrogen-bond acceptors (Lipinski definition) is 1. The summed E-state index contributed by atoms with van der Waals surface area (Å²) in [4.78, 5) is 0. The summed E-state index contributed by atoms with van der Waals surface area (Å²) in [5.41, 5.74) is 4.51. The molecule has 1 aromatic rings. The fourth-order valence-corrected chi connectivity index (χ4v) is 1.01. The predicted octanol–water partition coefficient (Wildman–Crippen LogP) is 3.04. The highest BCUT2D eigenvalue weighted by Gasteiger charge is 2.37. The van der Waals surface area contributed by atoms with Crippen LogP contribution in [0.1, 0.15) is 11.6 Å². The van der Waals surface area contributed by atoms with Gasteiger partial charge in [-0.05, 0) is 17.7 Å². The standard InChI is InChI=1S/C8H6ClF4N/c9-5-2-1-4(3-6(5)10)7(14)8(11,12)13/h1-3,7H,14H2. The Hall–Kier alpha value is -0.810. The second-order valence-corrected chi connectivity index (χ2v) is 3.10. The SMILES string of the molecule is NC(c1ccc(Cl)c(F)c1)C(F)(F)F. The van der Waals surface area contributed by atoms with Crippen LogP contribution in [-0.4, -0.2) is 6.18 Å². The first-order valence-corrected chi connectivity index (χ1v) is 3.97. The van der Waals surface area contributed by atoms with Crippen LogP contribution in [0.25, 0.3) is 0 Å². The van der Waals surface area contributed by atoms with Crippen molar-refractivity contribution in [3.05, 3.63) is 34.6 Å². The van der Waals surface area contributed by atoms with Gasteiger partial charge in [0.1, 0.15) is 11.9 Å². The average molecular weight is 228 g/mol. The van der Waals surface area contributed by atoms with Crippen molar-refractivity contribution in [3.63, 3.8) is 0 Å². The summed E-state index contributed by atoms with van der Waals surface area (Å²) in [7, 11) is 0. The molecule has 0 aliphatic heterocycles. The molecule has 0 radical (unpaired) electrons. The third-order valence-corrected chi connectivity index (χ3v) is 1.96. The molecule has 0 amide bonds. The molecule has 1 aromatic carbocycles. The third kappa shape index (κ3) is 2.36. The molecular weight excluding hydrogens is 222 g/mol. The van der Waals surface area contributed by atoms with Gasteiger partial charge < -0.3 is 5.73 Å². The Kier molecular flexibility index (Phi) is 3.01. The molecule has 1 atom stereocenters. The lowest BCUT2D eigenvalue weighted by Gasteiger charge is -2.15. The Balaban J connectivity index is 3.03. The minimum absolute atomic E-state index is 0.233. The van der Waals surface area contributed by atoms with E-state index in [1.54, 1.807) is 0 Å². The maximum atomic E-state index is 12.8. The summed E-state index contributed by atoms with van der Waals surface area (Å²) in [5.74, 6) is -0.913. The van der Waals surface area contributed by atoms with E-state index in [1.165, 1.54) is 0 Å². The summed E-state index contributed by atoms with van der Waals surface area (Å²) >= 11 is 5.30. The summed E-state index contributed by atoms with van der Waals surface area (Å²) < 4.78 is 49.0. The van der Waals surface area contributed by atoms with Crippen LogP contribution in [0.5, 0.6) is 0 Å². The lowest BCUT2D eigenvalue weighted by atomic mass is 10.1. The number of benzene rings is 1. The number of rotatable bonds is 1. The van der Waals surface area contributed by atoms with Crippen LogP contribution >= 0.6 is 11.6 Å². The van der Waals surface area contributed by atoms with E-state index in [-0.39, 0.29) is 10.6 Å². The van der Waals surface area contributed by atoms with Crippen molar-refractivity contribution in [2.45, 2.75) is 12.2 Å². The molecule has 0 aliphatic carbocycles. The van der Waals surface area contributed by atoms with E-state index in [2.05, 4.69) is 0 Å². The van der Waals surface area contributed by atoms with E-state index in [0.29, 0.717) is 6.07 Å². The molecule has 78 valence electrons. The van der Waals surface area contributed by atoms with E-state index in [4.69, 9.17) is 17.3 Å². The van der Waals surface area contributed by atoms with Crippen LogP contribution in [0, 0.1) is 5.82 Å². The average Bonchev–Trinajstić information content (AvgIpc) is 2.07. The van der Waals surface area contributed by atoms with Crippen LogP contribution in [0.15, 0.2) is 18.2 Å². The number of hydrogen-bond donors (Lipinski definition) is 1. The van der Waals surface area contributed by atoms with Crippen LogP contribution < -0.4 is 5.73 Å². The van der Waals surface area contributed by atoms with E-state index >= 15 is 0 Å². The molecule has 0 aliphatic rings. The Morgan fingerprint density at radius 3 is 2.29 bits per heavy atom. The minimum Gasteiger partial charge on any atom is -0.316 e. The summed E-state index contributed by atoms with van der Waals surface area (Å²) in [5, 5.41) is -0.233. The van der Waals surface area contributed by atoms with Gasteiger partial charge in [0.15, 0.2) is 0 Å². The molecule has 1 unspecified atom stereocenters. The van der Waals surface area contributed by atoms with Crippen LogP contribution in [0.3, 0.4) is 0 Å². The van der Waals surface area contributed by atoms with Crippen molar-refractivity contribution in [1.82, 2.24) is 0 Å². The summed E-state index contributed by atoms with van der Waals surface area (Å²) in [6.07, 6.45) is -4.58. The van der Waals surface area contributed by atoms with Crippen molar-refractivity contribution >= 4 is 11.6 Å². The molecule has 0 fully saturated rings. The van der Waals surface area contributed by atoms with Crippen LogP contribution in [0.2, 0.25) is 5.02 Å². The summed E-state index contributed by atoms with van der Waals surface area (Å²) in [6.45, 7) is 0. The number of alkyl halides is 3. The zero-order valence-corrected chi connectivity index (χ0v) is 7.53. The van der Waals surface area contributed by atoms with E-state index < -0.39 is 18.0 Å². The first kappa shape index (κ1) is 11.3. The van der Waals surface area contributed by atoms with Crippen molar-refractivity contribution in [2.24, 2.45) is 5.73 Å². The second kappa shape index (κ2) is 3.74. The van der Waals surface area contributed by atoms with Gasteiger partial charge in [-0.15, -0.1) is 0 Å². The topological polar surface area (TPSA) is 26.0 Å². The molecule has 6 heteroatoms. The molecule has 0 saturated heterocycles. The van der Waals surface area contributed by atoms with Crippen molar-refractivity contribution in [2.75, 3.05) is 0 Å². The molecule has 2 N–H and O–H groups in total. The van der Waals surface area contributed by atoms with Gasteiger partial charge in [0.05, 0.1) is 5.02 Å². The Morgan fingerprint density at radius 1 is 1.29 bits per heavy atom. The monoisotopic (exact) mass is 227 g/mol. The molecule has 0 heterocycles. The van der Waals surface area contributed by atoms with Gasteiger partial charge in [-0.1, -0.05) is 17.7 Å². The first-order chi connectivity index (χ1) is 6.32. The van der Waals surface area contributed by atoms with E-state index in [9.17, 15) is 17.6 Å². The quantitative estimate of drug-likeness (QED) is 0.734. The van der Waals surface area contributed by atoms with Crippen molar-refractivity contribution in [1.29, 1.82) is 0 Å². The Bertz CT molecular complexity index is 337. The fraction of sp³-hybridized carbons (Fsp3) is 0.250. The molecule has 0 bridgehead atoms. The fourth-order valence-electron chi connectivity index (χ4n) is 0.895. The van der Waals surface area contributed by atoms with Crippen LogP contribution in [-0.2, 0) is 0 Å². The highest BCUT2D eigenvalue weighted by Crippen LogP contribution is 2.31. The van der Waals surface area contributed by atoms with Gasteiger partial charge in [-0.25, -0.2) is 4.39 Å². The zero-order valence-electron chi connectivity index (χ0n) is 6.78. The second-order valence-electron chi connectivity index (χ2n) is 2.69. The van der Waals surface area contributed by atoms with E-state index in [1.807, 2.05) is 0 Å². The maximum absolute atomic E-state index is 12.8. The van der Waals surface area contributed by atoms with E-state index in [0.717, 1.165) is 12.1 Å². The third-order valence-electron chi connectivity index (χ3n) is 1.66. The summed E-state index contributed by atoms with van der Waals surface area (Å²) in [6, 6.07) is 0.580. The molecule has 0 saturated carbocycles. The highest BCUT2D eigenvalue weighted by molar-refractivity contribution is 6.30. The number of halogens is 5. The molecular formula is C8H6ClF4N. The van der Waals surface area contributed by atoms with Gasteiger partial charge in [-0.2, -0.15) is 13.2 Å². The first-order valence-electron chi connectivity index (χ1n) is 3.59. The maximum Gasteiger partial charge on any atom is 0.407 e. The lowest BCUT2D eigenvalue weighted by molar-refractivity contribution is -0.149.